The van der Waals surface area contributed by atoms with Gasteiger partial charge in [-0.25, -0.2) is 0 Å². The van der Waals surface area contributed by atoms with Crippen LogP contribution in [0.1, 0.15) is 27.7 Å². The molecule has 1 amide bonds. The monoisotopic (exact) mass is 427 g/mol. The maximum Gasteiger partial charge on any atom is 0.271 e. The lowest BCUT2D eigenvalue weighted by molar-refractivity contribution is 0.0760. The van der Waals surface area contributed by atoms with Crippen molar-refractivity contribution in [2.45, 2.75) is 11.7 Å². The quantitative estimate of drug-likeness (QED) is 0.632. The predicted molar refractivity (Wildman–Crippen MR) is 118 cm³/mol. The molecule has 150 valence electrons. The SMILES string of the molecule is COc1ccccc1-c1cc(C(=O)N2CCSC(c3ccccc3Cl)CC2)[nH]n1. The maximum atomic E-state index is 13.0. The van der Waals surface area contributed by atoms with Gasteiger partial charge in [-0.05, 0) is 36.2 Å². The Morgan fingerprint density at radius 2 is 2.00 bits per heavy atom. The number of nitrogens with one attached hydrogen (secondary N) is 1. The number of aromatic nitrogens is 2. The number of thioether (sulfide) groups is 1. The number of ether oxygens (including phenoxy) is 1. The zero-order chi connectivity index (χ0) is 20.2. The van der Waals surface area contributed by atoms with Gasteiger partial charge in [-0.3, -0.25) is 9.89 Å². The molecule has 1 aromatic heterocycles. The molecular weight excluding hydrogens is 406 g/mol. The molecule has 2 heterocycles. The van der Waals surface area contributed by atoms with Gasteiger partial charge < -0.3 is 9.64 Å². The number of H-pyrrole nitrogens is 1. The lowest BCUT2D eigenvalue weighted by Gasteiger charge is -2.19. The van der Waals surface area contributed by atoms with Crippen molar-refractivity contribution in [2.24, 2.45) is 0 Å². The number of nitrogens with zero attached hydrogens (tertiary/aromatic N) is 2. The second kappa shape index (κ2) is 8.93. The van der Waals surface area contributed by atoms with Gasteiger partial charge in [0.2, 0.25) is 0 Å². The van der Waals surface area contributed by atoms with Crippen LogP contribution in [0.3, 0.4) is 0 Å². The molecule has 0 radical (unpaired) electrons. The van der Waals surface area contributed by atoms with E-state index in [-0.39, 0.29) is 5.91 Å². The van der Waals surface area contributed by atoms with E-state index in [0.717, 1.165) is 34.1 Å². The summed E-state index contributed by atoms with van der Waals surface area (Å²) in [5.41, 5.74) is 3.19. The van der Waals surface area contributed by atoms with Crippen LogP contribution < -0.4 is 4.74 Å². The zero-order valence-corrected chi connectivity index (χ0v) is 17.7. The van der Waals surface area contributed by atoms with E-state index >= 15 is 0 Å². The second-order valence-corrected chi connectivity index (χ2v) is 8.55. The van der Waals surface area contributed by atoms with E-state index < -0.39 is 0 Å². The molecule has 29 heavy (non-hydrogen) atoms. The predicted octanol–water partition coefficient (Wildman–Crippen LogP) is 5.06. The zero-order valence-electron chi connectivity index (χ0n) is 16.1. The van der Waals surface area contributed by atoms with Gasteiger partial charge in [0.05, 0.1) is 12.8 Å². The van der Waals surface area contributed by atoms with Gasteiger partial charge in [-0.2, -0.15) is 16.9 Å². The average molecular weight is 428 g/mol. The number of aromatic amines is 1. The fraction of sp³-hybridized carbons (Fsp3) is 0.273. The van der Waals surface area contributed by atoms with Gasteiger partial charge in [-0.15, -0.1) is 0 Å². The molecule has 0 saturated carbocycles. The lowest BCUT2D eigenvalue weighted by atomic mass is 10.1. The number of amides is 1. The Hall–Kier alpha value is -2.44. The Kier molecular flexibility index (Phi) is 6.11. The fourth-order valence-corrected chi connectivity index (χ4v) is 5.15. The van der Waals surface area contributed by atoms with E-state index in [1.165, 1.54) is 0 Å². The third-order valence-corrected chi connectivity index (χ3v) is 6.73. The summed E-state index contributed by atoms with van der Waals surface area (Å²) in [5.74, 6) is 1.57. The van der Waals surface area contributed by atoms with Crippen LogP contribution >= 0.6 is 23.4 Å². The van der Waals surface area contributed by atoms with Gasteiger partial charge in [0.15, 0.2) is 0 Å². The molecule has 4 rings (SSSR count). The van der Waals surface area contributed by atoms with Crippen molar-refractivity contribution >= 4 is 29.3 Å². The number of methoxy groups -OCH3 is 1. The number of para-hydroxylation sites is 1. The second-order valence-electron chi connectivity index (χ2n) is 6.83. The third kappa shape index (κ3) is 4.28. The van der Waals surface area contributed by atoms with E-state index in [1.54, 1.807) is 13.2 Å². The number of hydrogen-bond donors (Lipinski definition) is 1. The van der Waals surface area contributed by atoms with E-state index in [0.29, 0.717) is 29.7 Å². The van der Waals surface area contributed by atoms with Crippen LogP contribution in [0.25, 0.3) is 11.3 Å². The highest BCUT2D eigenvalue weighted by molar-refractivity contribution is 7.99. The maximum absolute atomic E-state index is 13.0. The first-order valence-electron chi connectivity index (χ1n) is 9.51. The Morgan fingerprint density at radius 1 is 1.21 bits per heavy atom. The Morgan fingerprint density at radius 3 is 2.83 bits per heavy atom. The van der Waals surface area contributed by atoms with Crippen molar-refractivity contribution in [2.75, 3.05) is 26.0 Å². The molecule has 1 aliphatic heterocycles. The molecule has 1 aliphatic rings. The van der Waals surface area contributed by atoms with Crippen molar-refractivity contribution in [3.63, 3.8) is 0 Å². The van der Waals surface area contributed by atoms with Crippen LogP contribution in [0, 0.1) is 0 Å². The first-order valence-corrected chi connectivity index (χ1v) is 10.9. The molecule has 1 saturated heterocycles. The number of hydrogen-bond acceptors (Lipinski definition) is 4. The molecular formula is C22H22ClN3O2S. The number of rotatable bonds is 4. The van der Waals surface area contributed by atoms with Gasteiger partial charge >= 0.3 is 0 Å². The summed E-state index contributed by atoms with van der Waals surface area (Å²) < 4.78 is 5.40. The fourth-order valence-electron chi connectivity index (χ4n) is 3.55. The summed E-state index contributed by atoms with van der Waals surface area (Å²) >= 11 is 8.23. The van der Waals surface area contributed by atoms with E-state index in [9.17, 15) is 4.79 Å². The van der Waals surface area contributed by atoms with Crippen LogP contribution in [0.5, 0.6) is 5.75 Å². The summed E-state index contributed by atoms with van der Waals surface area (Å²) in [6, 6.07) is 17.4. The summed E-state index contributed by atoms with van der Waals surface area (Å²) in [6.45, 7) is 1.39. The lowest BCUT2D eigenvalue weighted by Crippen LogP contribution is -2.33. The molecule has 7 heteroatoms. The van der Waals surface area contributed by atoms with Crippen LogP contribution in [0.2, 0.25) is 5.02 Å². The van der Waals surface area contributed by atoms with Gasteiger partial charge in [0.1, 0.15) is 11.4 Å². The minimum atomic E-state index is -0.0287. The van der Waals surface area contributed by atoms with E-state index in [4.69, 9.17) is 16.3 Å². The van der Waals surface area contributed by atoms with E-state index in [2.05, 4.69) is 16.3 Å². The number of carbonyl (C=O) groups excluding carboxylic acids is 1. The smallest absolute Gasteiger partial charge is 0.271 e. The first kappa shape index (κ1) is 19.9. The van der Waals surface area contributed by atoms with Crippen LogP contribution in [0.4, 0.5) is 0 Å². The number of carbonyl (C=O) groups is 1. The number of benzene rings is 2. The highest BCUT2D eigenvalue weighted by Gasteiger charge is 2.25. The number of halogens is 1. The summed E-state index contributed by atoms with van der Waals surface area (Å²) in [5, 5.41) is 8.32. The summed E-state index contributed by atoms with van der Waals surface area (Å²) in [4.78, 5) is 14.9. The molecule has 1 fully saturated rings. The molecule has 0 bridgehead atoms. The minimum absolute atomic E-state index is 0.0287. The van der Waals surface area contributed by atoms with Crippen LogP contribution in [0.15, 0.2) is 54.6 Å². The van der Waals surface area contributed by atoms with Crippen molar-refractivity contribution in [3.8, 4) is 17.0 Å². The average Bonchev–Trinajstić information content (AvgIpc) is 3.12. The molecule has 1 N–H and O–H groups in total. The first-order chi connectivity index (χ1) is 14.2. The Labute approximate surface area is 179 Å². The molecule has 1 unspecified atom stereocenters. The molecule has 5 nitrogen and oxygen atoms in total. The van der Waals surface area contributed by atoms with Crippen molar-refractivity contribution < 1.29 is 9.53 Å². The molecule has 0 aliphatic carbocycles. The highest BCUT2D eigenvalue weighted by Crippen LogP contribution is 2.38. The van der Waals surface area contributed by atoms with Gasteiger partial charge in [0, 0.05) is 34.7 Å². The van der Waals surface area contributed by atoms with Crippen molar-refractivity contribution in [3.05, 3.63) is 70.9 Å². The molecule has 2 aromatic carbocycles. The minimum Gasteiger partial charge on any atom is -0.496 e. The normalized spacial score (nSPS) is 17.0. The summed E-state index contributed by atoms with van der Waals surface area (Å²) in [6.07, 6.45) is 0.869. The molecule has 0 spiro atoms. The molecule has 3 aromatic rings. The Bertz CT molecular complexity index is 1010. The largest absolute Gasteiger partial charge is 0.496 e. The molecule has 1 atom stereocenters. The topological polar surface area (TPSA) is 58.2 Å². The van der Waals surface area contributed by atoms with Crippen molar-refractivity contribution in [1.82, 2.24) is 15.1 Å². The van der Waals surface area contributed by atoms with Crippen molar-refractivity contribution in [1.29, 1.82) is 0 Å². The van der Waals surface area contributed by atoms with Gasteiger partial charge in [-0.1, -0.05) is 41.9 Å². The third-order valence-electron chi connectivity index (χ3n) is 5.07. The van der Waals surface area contributed by atoms with Gasteiger partial charge in [0.25, 0.3) is 5.91 Å². The summed E-state index contributed by atoms with van der Waals surface area (Å²) in [7, 11) is 1.63. The van der Waals surface area contributed by atoms with Crippen LogP contribution in [-0.4, -0.2) is 47.0 Å². The Balaban J connectivity index is 1.48. The van der Waals surface area contributed by atoms with Crippen LogP contribution in [-0.2, 0) is 0 Å². The van der Waals surface area contributed by atoms with E-state index in [1.807, 2.05) is 59.1 Å². The highest BCUT2D eigenvalue weighted by atomic mass is 35.5. The standard InChI is InChI=1S/C22H22ClN3O2S/c1-28-20-9-5-3-7-16(20)18-14-19(25-24-18)22(27)26-11-10-21(29-13-12-26)15-6-2-4-8-17(15)23/h2-9,14,21H,10-13H2,1H3,(H,24,25).